The quantitative estimate of drug-likeness (QED) is 0.821. The maximum absolute atomic E-state index is 12.3. The third kappa shape index (κ3) is 1.93. The summed E-state index contributed by atoms with van der Waals surface area (Å²) in [5, 5.41) is 3.14. The van der Waals surface area contributed by atoms with Crippen LogP contribution in [0.1, 0.15) is 5.56 Å². The average molecular weight is 244 g/mol. The normalized spacial score (nSPS) is 27.4. The van der Waals surface area contributed by atoms with Crippen LogP contribution in [0.15, 0.2) is 30.3 Å². The number of nitrogens with zero attached hydrogens (tertiary/aromatic N) is 1. The van der Waals surface area contributed by atoms with Gasteiger partial charge in [-0.2, -0.15) is 0 Å². The minimum Gasteiger partial charge on any atom is -0.331 e. The fraction of sp³-hybridized carbons (Fsp3) is 0.429. The Bertz CT molecular complexity index is 472. The Labute approximate surface area is 106 Å². The van der Waals surface area contributed by atoms with Crippen LogP contribution in [-0.4, -0.2) is 36.2 Å². The van der Waals surface area contributed by atoms with Crippen LogP contribution >= 0.6 is 0 Å². The molecule has 0 bridgehead atoms. The van der Waals surface area contributed by atoms with Crippen LogP contribution in [0.2, 0.25) is 0 Å². The average Bonchev–Trinajstić information content (AvgIpc) is 2.87. The van der Waals surface area contributed by atoms with Crippen LogP contribution in [0.5, 0.6) is 0 Å². The van der Waals surface area contributed by atoms with Gasteiger partial charge in [0.2, 0.25) is 5.91 Å². The zero-order valence-corrected chi connectivity index (χ0v) is 10.1. The molecular formula is C14H16N2O2. The maximum Gasteiger partial charge on any atom is 0.228 e. The van der Waals surface area contributed by atoms with E-state index in [4.69, 9.17) is 0 Å². The molecule has 2 aliphatic heterocycles. The fourth-order valence-electron chi connectivity index (χ4n) is 2.83. The SMILES string of the molecule is O=C1CN(Cc2ccccc2)C(=O)[C@@H]2CNC[C@@H]12. The van der Waals surface area contributed by atoms with Gasteiger partial charge in [-0.15, -0.1) is 0 Å². The van der Waals surface area contributed by atoms with Crippen molar-refractivity contribution in [2.45, 2.75) is 6.54 Å². The van der Waals surface area contributed by atoms with E-state index in [1.165, 1.54) is 0 Å². The summed E-state index contributed by atoms with van der Waals surface area (Å²) in [5.41, 5.74) is 1.07. The largest absolute Gasteiger partial charge is 0.331 e. The van der Waals surface area contributed by atoms with Gasteiger partial charge in [0.15, 0.2) is 5.78 Å². The van der Waals surface area contributed by atoms with E-state index in [1.807, 2.05) is 30.3 Å². The lowest BCUT2D eigenvalue weighted by atomic mass is 9.86. The molecule has 0 aromatic heterocycles. The molecule has 0 unspecified atom stereocenters. The number of carbonyl (C=O) groups is 2. The molecular weight excluding hydrogens is 228 g/mol. The van der Waals surface area contributed by atoms with E-state index in [-0.39, 0.29) is 30.1 Å². The standard InChI is InChI=1S/C14H16N2O2/c17-13-9-16(8-10-4-2-1-3-5-10)14(18)12-7-15-6-11(12)13/h1-5,11-12,15H,6-9H2/t11-,12-/m1/s1. The van der Waals surface area contributed by atoms with Gasteiger partial charge in [-0.05, 0) is 5.56 Å². The highest BCUT2D eigenvalue weighted by molar-refractivity contribution is 5.97. The number of carbonyl (C=O) groups excluding carboxylic acids is 2. The van der Waals surface area contributed by atoms with Gasteiger partial charge in [0.05, 0.1) is 12.5 Å². The van der Waals surface area contributed by atoms with Crippen molar-refractivity contribution in [3.63, 3.8) is 0 Å². The Kier molecular flexibility index (Phi) is 2.88. The second-order valence-electron chi connectivity index (χ2n) is 5.02. The van der Waals surface area contributed by atoms with E-state index in [0.717, 1.165) is 5.56 Å². The summed E-state index contributed by atoms with van der Waals surface area (Å²) in [4.78, 5) is 26.0. The first kappa shape index (κ1) is 11.4. The van der Waals surface area contributed by atoms with Gasteiger partial charge in [-0.1, -0.05) is 30.3 Å². The number of benzene rings is 1. The molecule has 0 radical (unpaired) electrons. The highest BCUT2D eigenvalue weighted by Gasteiger charge is 2.44. The number of ketones is 1. The van der Waals surface area contributed by atoms with E-state index in [0.29, 0.717) is 19.6 Å². The minimum atomic E-state index is -0.144. The van der Waals surface area contributed by atoms with E-state index in [2.05, 4.69) is 5.32 Å². The summed E-state index contributed by atoms with van der Waals surface area (Å²) in [6.07, 6.45) is 0. The molecule has 18 heavy (non-hydrogen) atoms. The highest BCUT2D eigenvalue weighted by atomic mass is 16.2. The van der Waals surface area contributed by atoms with E-state index >= 15 is 0 Å². The third-order valence-electron chi connectivity index (χ3n) is 3.82. The van der Waals surface area contributed by atoms with Crippen molar-refractivity contribution in [1.82, 2.24) is 10.2 Å². The maximum atomic E-state index is 12.3. The van der Waals surface area contributed by atoms with Crippen molar-refractivity contribution in [3.8, 4) is 0 Å². The molecule has 0 aliphatic carbocycles. The molecule has 2 fully saturated rings. The summed E-state index contributed by atoms with van der Waals surface area (Å²) in [5.74, 6) is 0.0773. The Hall–Kier alpha value is -1.68. The summed E-state index contributed by atoms with van der Waals surface area (Å²) < 4.78 is 0. The predicted octanol–water partition coefficient (Wildman–Crippen LogP) is 0.434. The van der Waals surface area contributed by atoms with Crippen LogP contribution in [-0.2, 0) is 16.1 Å². The van der Waals surface area contributed by atoms with Crippen molar-refractivity contribution in [2.75, 3.05) is 19.6 Å². The van der Waals surface area contributed by atoms with E-state index in [1.54, 1.807) is 4.90 Å². The first-order valence-corrected chi connectivity index (χ1v) is 6.32. The molecule has 2 heterocycles. The first-order chi connectivity index (χ1) is 8.75. The smallest absolute Gasteiger partial charge is 0.228 e. The number of nitrogens with one attached hydrogen (secondary N) is 1. The summed E-state index contributed by atoms with van der Waals surface area (Å²) in [6.45, 7) is 2.10. The molecule has 1 amide bonds. The summed E-state index contributed by atoms with van der Waals surface area (Å²) in [7, 11) is 0. The predicted molar refractivity (Wildman–Crippen MR) is 66.7 cm³/mol. The van der Waals surface area contributed by atoms with Gasteiger partial charge in [-0.3, -0.25) is 9.59 Å². The van der Waals surface area contributed by atoms with Crippen molar-refractivity contribution in [2.24, 2.45) is 11.8 Å². The summed E-state index contributed by atoms with van der Waals surface area (Å²) >= 11 is 0. The van der Waals surface area contributed by atoms with Gasteiger partial charge >= 0.3 is 0 Å². The van der Waals surface area contributed by atoms with Crippen LogP contribution in [0.4, 0.5) is 0 Å². The Balaban J connectivity index is 1.77. The van der Waals surface area contributed by atoms with E-state index < -0.39 is 0 Å². The van der Waals surface area contributed by atoms with Gasteiger partial charge in [-0.25, -0.2) is 0 Å². The second kappa shape index (κ2) is 4.53. The van der Waals surface area contributed by atoms with Crippen LogP contribution in [0.25, 0.3) is 0 Å². The number of fused-ring (bicyclic) bond motifs is 1. The van der Waals surface area contributed by atoms with Gasteiger partial charge in [0.25, 0.3) is 0 Å². The van der Waals surface area contributed by atoms with E-state index in [9.17, 15) is 9.59 Å². The molecule has 1 aromatic rings. The Morgan fingerprint density at radius 3 is 2.61 bits per heavy atom. The molecule has 2 saturated heterocycles. The number of likely N-dealkylation sites (tertiary alicyclic amines) is 1. The zero-order chi connectivity index (χ0) is 12.5. The molecule has 1 aromatic carbocycles. The van der Waals surface area contributed by atoms with Crippen molar-refractivity contribution in [3.05, 3.63) is 35.9 Å². The molecule has 0 saturated carbocycles. The van der Waals surface area contributed by atoms with Crippen molar-refractivity contribution in [1.29, 1.82) is 0 Å². The molecule has 4 nitrogen and oxygen atoms in total. The lowest BCUT2D eigenvalue weighted by molar-refractivity contribution is -0.148. The monoisotopic (exact) mass is 244 g/mol. The number of amides is 1. The number of Topliss-reactive ketones (excluding diaryl/α,β-unsaturated/α-hetero) is 1. The van der Waals surface area contributed by atoms with Crippen LogP contribution in [0.3, 0.4) is 0 Å². The number of hydrogen-bond acceptors (Lipinski definition) is 3. The zero-order valence-electron chi connectivity index (χ0n) is 10.1. The molecule has 0 spiro atoms. The molecule has 2 aliphatic rings. The van der Waals surface area contributed by atoms with Crippen molar-refractivity contribution < 1.29 is 9.59 Å². The summed E-state index contributed by atoms with van der Waals surface area (Å²) in [6, 6.07) is 9.81. The van der Waals surface area contributed by atoms with Gasteiger partial charge in [0.1, 0.15) is 0 Å². The number of piperidine rings is 1. The number of rotatable bonds is 2. The first-order valence-electron chi connectivity index (χ1n) is 6.32. The van der Waals surface area contributed by atoms with Gasteiger partial charge < -0.3 is 10.2 Å². The second-order valence-corrected chi connectivity index (χ2v) is 5.02. The third-order valence-corrected chi connectivity index (χ3v) is 3.82. The topological polar surface area (TPSA) is 49.4 Å². The molecule has 94 valence electrons. The minimum absolute atomic E-state index is 0.0930. The van der Waals surface area contributed by atoms with Gasteiger partial charge in [0, 0.05) is 25.6 Å². The lowest BCUT2D eigenvalue weighted by Crippen LogP contribution is -2.50. The Morgan fingerprint density at radius 1 is 1.11 bits per heavy atom. The number of hydrogen-bond donors (Lipinski definition) is 1. The molecule has 2 atom stereocenters. The molecule has 4 heteroatoms. The van der Waals surface area contributed by atoms with Crippen LogP contribution in [0, 0.1) is 11.8 Å². The lowest BCUT2D eigenvalue weighted by Gasteiger charge is -2.32. The van der Waals surface area contributed by atoms with Crippen molar-refractivity contribution >= 4 is 11.7 Å². The Morgan fingerprint density at radius 2 is 1.83 bits per heavy atom. The van der Waals surface area contributed by atoms with Crippen LogP contribution < -0.4 is 5.32 Å². The molecule has 1 N–H and O–H groups in total. The highest BCUT2D eigenvalue weighted by Crippen LogP contribution is 2.26. The fourth-order valence-corrected chi connectivity index (χ4v) is 2.83. The molecule has 3 rings (SSSR count).